The molecule has 0 saturated carbocycles. The van der Waals surface area contributed by atoms with E-state index in [1.54, 1.807) is 6.92 Å². The number of benzene rings is 1. The third-order valence-electron chi connectivity index (χ3n) is 2.73. The number of aryl methyl sites for hydroxylation is 1. The van der Waals surface area contributed by atoms with Gasteiger partial charge in [0, 0.05) is 15.3 Å². The minimum absolute atomic E-state index is 0.345. The third kappa shape index (κ3) is 2.72. The largest absolute Gasteiger partial charge is 0.476 e. The Bertz CT molecular complexity index is 743. The molecule has 20 heavy (non-hydrogen) atoms. The van der Waals surface area contributed by atoms with E-state index in [1.807, 2.05) is 22.6 Å². The molecular weight excluding hydrogens is 378 g/mol. The number of carboxylic acids is 1. The van der Waals surface area contributed by atoms with Gasteiger partial charge in [0.25, 0.3) is 0 Å². The zero-order chi connectivity index (χ0) is 14.9. The highest BCUT2D eigenvalue weighted by Crippen LogP contribution is 2.17. The van der Waals surface area contributed by atoms with E-state index < -0.39 is 22.9 Å². The van der Waals surface area contributed by atoms with Crippen LogP contribution in [0.15, 0.2) is 29.2 Å². The SMILES string of the molecule is CCc1cn(-c2ccc(F)cc2I)nc(C(=O)O)c1=O. The number of hydrogen-bond acceptors (Lipinski definition) is 3. The fourth-order valence-electron chi connectivity index (χ4n) is 1.72. The number of aromatic carboxylic acids is 1. The van der Waals surface area contributed by atoms with Crippen LogP contribution in [-0.2, 0) is 6.42 Å². The van der Waals surface area contributed by atoms with Gasteiger partial charge in [-0.15, -0.1) is 0 Å². The fourth-order valence-corrected chi connectivity index (χ4v) is 2.45. The second kappa shape index (κ2) is 5.70. The molecule has 0 spiro atoms. The van der Waals surface area contributed by atoms with Crippen molar-refractivity contribution in [2.24, 2.45) is 0 Å². The second-order valence-corrected chi connectivity index (χ2v) is 5.19. The van der Waals surface area contributed by atoms with Gasteiger partial charge >= 0.3 is 5.97 Å². The maximum absolute atomic E-state index is 13.1. The van der Waals surface area contributed by atoms with Crippen molar-refractivity contribution in [3.05, 3.63) is 55.3 Å². The summed E-state index contributed by atoms with van der Waals surface area (Å²) in [6, 6.07) is 4.05. The first-order valence-corrected chi connectivity index (χ1v) is 6.83. The Morgan fingerprint density at radius 3 is 2.75 bits per heavy atom. The average Bonchev–Trinajstić information content (AvgIpc) is 2.39. The Labute approximate surface area is 127 Å². The molecule has 0 fully saturated rings. The monoisotopic (exact) mass is 388 g/mol. The summed E-state index contributed by atoms with van der Waals surface area (Å²) in [5.74, 6) is -1.77. The Kier molecular flexibility index (Phi) is 4.17. The van der Waals surface area contributed by atoms with Gasteiger partial charge in [0.2, 0.25) is 11.1 Å². The van der Waals surface area contributed by atoms with E-state index in [4.69, 9.17) is 5.11 Å². The summed E-state index contributed by atoms with van der Waals surface area (Å²) in [6.45, 7) is 1.75. The van der Waals surface area contributed by atoms with Crippen LogP contribution in [0.25, 0.3) is 5.69 Å². The number of nitrogens with zero attached hydrogens (tertiary/aromatic N) is 2. The molecule has 0 aliphatic heterocycles. The number of carboxylic acid groups (broad SMARTS) is 1. The van der Waals surface area contributed by atoms with Gasteiger partial charge in [-0.1, -0.05) is 6.92 Å². The summed E-state index contributed by atoms with van der Waals surface area (Å²) in [4.78, 5) is 22.9. The Morgan fingerprint density at radius 2 is 2.20 bits per heavy atom. The molecule has 0 aliphatic rings. The van der Waals surface area contributed by atoms with Crippen LogP contribution in [0.5, 0.6) is 0 Å². The van der Waals surface area contributed by atoms with Gasteiger partial charge in [0.15, 0.2) is 0 Å². The summed E-state index contributed by atoms with van der Waals surface area (Å²) in [6.07, 6.45) is 1.86. The van der Waals surface area contributed by atoms with Crippen molar-refractivity contribution < 1.29 is 14.3 Å². The lowest BCUT2D eigenvalue weighted by Gasteiger charge is -2.10. The quantitative estimate of drug-likeness (QED) is 0.819. The first-order chi connectivity index (χ1) is 9.43. The summed E-state index contributed by atoms with van der Waals surface area (Å²) in [5.41, 5.74) is -0.264. The van der Waals surface area contributed by atoms with Crippen LogP contribution in [-0.4, -0.2) is 20.9 Å². The molecule has 0 amide bonds. The number of hydrogen-bond donors (Lipinski definition) is 1. The van der Waals surface area contributed by atoms with E-state index in [0.29, 0.717) is 21.2 Å². The second-order valence-electron chi connectivity index (χ2n) is 4.03. The third-order valence-corrected chi connectivity index (χ3v) is 3.60. The van der Waals surface area contributed by atoms with Gasteiger partial charge in [-0.25, -0.2) is 13.9 Å². The lowest BCUT2D eigenvalue weighted by molar-refractivity contribution is 0.0686. The first-order valence-electron chi connectivity index (χ1n) is 5.75. The van der Waals surface area contributed by atoms with Crippen LogP contribution in [0.1, 0.15) is 23.0 Å². The molecule has 0 unspecified atom stereocenters. The Morgan fingerprint density at radius 1 is 1.50 bits per heavy atom. The van der Waals surface area contributed by atoms with Crippen LogP contribution in [0.2, 0.25) is 0 Å². The molecule has 5 nitrogen and oxygen atoms in total. The predicted molar refractivity (Wildman–Crippen MR) is 78.8 cm³/mol. The lowest BCUT2D eigenvalue weighted by Crippen LogP contribution is -2.24. The normalized spacial score (nSPS) is 10.6. The van der Waals surface area contributed by atoms with Gasteiger partial charge in [-0.05, 0) is 47.2 Å². The standard InChI is InChI=1S/C13H10FIN2O3/c1-2-7-6-17(16-11(12(7)18)13(19)20)10-4-3-8(14)5-9(10)15/h3-6H,2H2,1H3,(H,19,20). The molecule has 1 aromatic carbocycles. The van der Waals surface area contributed by atoms with E-state index in [0.717, 1.165) is 0 Å². The summed E-state index contributed by atoms with van der Waals surface area (Å²) in [5, 5.41) is 12.9. The van der Waals surface area contributed by atoms with Crippen LogP contribution < -0.4 is 5.43 Å². The minimum Gasteiger partial charge on any atom is -0.476 e. The average molecular weight is 388 g/mol. The van der Waals surface area contributed by atoms with E-state index in [2.05, 4.69) is 5.10 Å². The van der Waals surface area contributed by atoms with Crippen molar-refractivity contribution in [2.45, 2.75) is 13.3 Å². The Balaban J connectivity index is 2.71. The molecule has 1 heterocycles. The van der Waals surface area contributed by atoms with E-state index in [9.17, 15) is 14.0 Å². The number of aromatic nitrogens is 2. The number of rotatable bonds is 3. The summed E-state index contributed by atoms with van der Waals surface area (Å²) < 4.78 is 15.0. The van der Waals surface area contributed by atoms with Crippen molar-refractivity contribution in [3.63, 3.8) is 0 Å². The zero-order valence-corrected chi connectivity index (χ0v) is 12.6. The van der Waals surface area contributed by atoms with Gasteiger partial charge in [-0.3, -0.25) is 4.79 Å². The van der Waals surface area contributed by atoms with Crippen molar-refractivity contribution >= 4 is 28.6 Å². The van der Waals surface area contributed by atoms with Gasteiger partial charge in [-0.2, -0.15) is 5.10 Å². The van der Waals surface area contributed by atoms with Crippen molar-refractivity contribution in [3.8, 4) is 5.69 Å². The topological polar surface area (TPSA) is 72.2 Å². The molecule has 1 N–H and O–H groups in total. The van der Waals surface area contributed by atoms with Gasteiger partial charge < -0.3 is 5.11 Å². The lowest BCUT2D eigenvalue weighted by atomic mass is 10.2. The predicted octanol–water partition coefficient (Wildman–Crippen LogP) is 2.24. The molecule has 0 aliphatic carbocycles. The van der Waals surface area contributed by atoms with Gasteiger partial charge in [0.05, 0.1) is 5.69 Å². The molecule has 2 aromatic rings. The van der Waals surface area contributed by atoms with Crippen LogP contribution in [0, 0.1) is 9.39 Å². The maximum Gasteiger partial charge on any atom is 0.360 e. The van der Waals surface area contributed by atoms with Crippen molar-refractivity contribution in [1.82, 2.24) is 9.78 Å². The van der Waals surface area contributed by atoms with Crippen molar-refractivity contribution in [2.75, 3.05) is 0 Å². The molecule has 0 atom stereocenters. The number of carbonyl (C=O) groups is 1. The van der Waals surface area contributed by atoms with E-state index in [1.165, 1.54) is 29.1 Å². The highest BCUT2D eigenvalue weighted by atomic mass is 127. The summed E-state index contributed by atoms with van der Waals surface area (Å²) >= 11 is 1.92. The molecular formula is C13H10FIN2O3. The van der Waals surface area contributed by atoms with Crippen molar-refractivity contribution in [1.29, 1.82) is 0 Å². The van der Waals surface area contributed by atoms with Crippen LogP contribution >= 0.6 is 22.6 Å². The van der Waals surface area contributed by atoms with Gasteiger partial charge in [0.1, 0.15) is 5.82 Å². The van der Waals surface area contributed by atoms with E-state index in [-0.39, 0.29) is 0 Å². The smallest absolute Gasteiger partial charge is 0.360 e. The van der Waals surface area contributed by atoms with Crippen LogP contribution in [0.3, 0.4) is 0 Å². The number of halogens is 2. The maximum atomic E-state index is 13.1. The molecule has 2 rings (SSSR count). The van der Waals surface area contributed by atoms with E-state index >= 15 is 0 Å². The Hall–Kier alpha value is -1.77. The molecule has 7 heteroatoms. The molecule has 0 saturated heterocycles. The molecule has 104 valence electrons. The first kappa shape index (κ1) is 14.6. The molecule has 0 radical (unpaired) electrons. The molecule has 0 bridgehead atoms. The highest BCUT2D eigenvalue weighted by Gasteiger charge is 2.16. The van der Waals surface area contributed by atoms with Crippen LogP contribution in [0.4, 0.5) is 4.39 Å². The summed E-state index contributed by atoms with van der Waals surface area (Å²) in [7, 11) is 0. The minimum atomic E-state index is -1.38. The zero-order valence-electron chi connectivity index (χ0n) is 10.4. The molecule has 1 aromatic heterocycles. The fraction of sp³-hybridized carbons (Fsp3) is 0.154. The highest BCUT2D eigenvalue weighted by molar-refractivity contribution is 14.1.